The molecule has 0 bridgehead atoms. The van der Waals surface area contributed by atoms with Crippen LogP contribution in [0.5, 0.6) is 0 Å². The minimum absolute atomic E-state index is 0.843. The molecule has 0 saturated carbocycles. The van der Waals surface area contributed by atoms with Crippen LogP contribution in [-0.4, -0.2) is 48.8 Å². The van der Waals surface area contributed by atoms with E-state index in [-0.39, 0.29) is 0 Å². The molecule has 3 N–H and O–H groups in total. The van der Waals surface area contributed by atoms with Crippen molar-refractivity contribution in [2.24, 2.45) is 0 Å². The van der Waals surface area contributed by atoms with Gasteiger partial charge in [0.1, 0.15) is 5.52 Å². The van der Waals surface area contributed by atoms with Gasteiger partial charge in [-0.1, -0.05) is 13.3 Å². The molecule has 0 radical (unpaired) electrons. The molecule has 7 heteroatoms. The third-order valence-electron chi connectivity index (χ3n) is 5.57. The van der Waals surface area contributed by atoms with E-state index in [1.165, 1.54) is 18.5 Å². The number of fused-ring (bicyclic) bond motifs is 1. The lowest BCUT2D eigenvalue weighted by atomic mass is 10.1. The SMILES string of the molecule is CCCCN(CC)c1cc(C)nn2c(-c3c(NC)cc(NC)cc3NC)nc(C)c12. The largest absolute Gasteiger partial charge is 0.388 e. The third-order valence-corrected chi connectivity index (χ3v) is 5.57. The lowest BCUT2D eigenvalue weighted by molar-refractivity contribution is 0.730. The molecule has 3 rings (SSSR count). The molecule has 0 saturated heterocycles. The van der Waals surface area contributed by atoms with Crippen molar-refractivity contribution in [2.75, 3.05) is 55.1 Å². The number of benzene rings is 1. The predicted molar refractivity (Wildman–Crippen MR) is 129 cm³/mol. The minimum atomic E-state index is 0.843. The fourth-order valence-corrected chi connectivity index (χ4v) is 3.98. The molecular weight excluding hydrogens is 374 g/mol. The second-order valence-electron chi connectivity index (χ2n) is 7.58. The molecule has 0 aliphatic heterocycles. The topological polar surface area (TPSA) is 69.5 Å². The van der Waals surface area contributed by atoms with Crippen LogP contribution in [0.15, 0.2) is 18.2 Å². The van der Waals surface area contributed by atoms with Crippen molar-refractivity contribution in [3.05, 3.63) is 29.6 Å². The van der Waals surface area contributed by atoms with Crippen LogP contribution in [0.3, 0.4) is 0 Å². The van der Waals surface area contributed by atoms with Gasteiger partial charge in [0.2, 0.25) is 0 Å². The van der Waals surface area contributed by atoms with E-state index in [4.69, 9.17) is 10.1 Å². The van der Waals surface area contributed by atoms with Gasteiger partial charge in [0.25, 0.3) is 0 Å². The number of nitrogens with one attached hydrogen (secondary N) is 3. The Kier molecular flexibility index (Phi) is 6.70. The van der Waals surface area contributed by atoms with E-state index in [9.17, 15) is 0 Å². The molecule has 0 fully saturated rings. The average molecular weight is 410 g/mol. The maximum Gasteiger partial charge on any atom is 0.165 e. The summed E-state index contributed by atoms with van der Waals surface area (Å²) in [7, 11) is 5.80. The lowest BCUT2D eigenvalue weighted by Gasteiger charge is -2.24. The molecule has 0 amide bonds. The zero-order valence-electron chi connectivity index (χ0n) is 19.3. The maximum absolute atomic E-state index is 5.00. The number of anilines is 4. The van der Waals surface area contributed by atoms with Crippen LogP contribution >= 0.6 is 0 Å². The fourth-order valence-electron chi connectivity index (χ4n) is 3.98. The molecule has 0 unspecified atom stereocenters. The number of imidazole rings is 1. The van der Waals surface area contributed by atoms with Crippen molar-refractivity contribution in [2.45, 2.75) is 40.5 Å². The summed E-state index contributed by atoms with van der Waals surface area (Å²) in [5.74, 6) is 0.843. The first-order valence-corrected chi connectivity index (χ1v) is 10.8. The van der Waals surface area contributed by atoms with Crippen LogP contribution < -0.4 is 20.9 Å². The highest BCUT2D eigenvalue weighted by molar-refractivity contribution is 5.91. The van der Waals surface area contributed by atoms with E-state index < -0.39 is 0 Å². The maximum atomic E-state index is 5.00. The van der Waals surface area contributed by atoms with Gasteiger partial charge in [0.05, 0.1) is 22.6 Å². The molecule has 30 heavy (non-hydrogen) atoms. The van der Waals surface area contributed by atoms with Crippen molar-refractivity contribution in [3.63, 3.8) is 0 Å². The number of nitrogens with zero attached hydrogens (tertiary/aromatic N) is 4. The Balaban J connectivity index is 2.30. The van der Waals surface area contributed by atoms with Crippen LogP contribution in [0.25, 0.3) is 16.9 Å². The van der Waals surface area contributed by atoms with Crippen LogP contribution in [0.1, 0.15) is 38.1 Å². The first-order chi connectivity index (χ1) is 14.5. The number of aromatic nitrogens is 3. The number of hydrogen-bond donors (Lipinski definition) is 3. The molecule has 0 aliphatic carbocycles. The summed E-state index contributed by atoms with van der Waals surface area (Å²) in [5.41, 5.74) is 8.31. The van der Waals surface area contributed by atoms with Gasteiger partial charge in [0.15, 0.2) is 5.82 Å². The van der Waals surface area contributed by atoms with E-state index in [1.54, 1.807) is 0 Å². The zero-order valence-corrected chi connectivity index (χ0v) is 19.3. The predicted octanol–water partition coefficient (Wildman–Crippen LogP) is 4.76. The number of hydrogen-bond acceptors (Lipinski definition) is 6. The minimum Gasteiger partial charge on any atom is -0.388 e. The highest BCUT2D eigenvalue weighted by atomic mass is 15.3. The van der Waals surface area contributed by atoms with E-state index in [0.29, 0.717) is 0 Å². The van der Waals surface area contributed by atoms with E-state index in [0.717, 1.165) is 58.4 Å². The van der Waals surface area contributed by atoms with E-state index in [1.807, 2.05) is 25.7 Å². The highest BCUT2D eigenvalue weighted by Crippen LogP contribution is 2.39. The summed E-state index contributed by atoms with van der Waals surface area (Å²) in [5, 5.41) is 14.8. The fraction of sp³-hybridized carbons (Fsp3) is 0.478. The molecule has 162 valence electrons. The molecule has 0 atom stereocenters. The summed E-state index contributed by atoms with van der Waals surface area (Å²) in [4.78, 5) is 7.44. The smallest absolute Gasteiger partial charge is 0.165 e. The molecule has 2 heterocycles. The van der Waals surface area contributed by atoms with Gasteiger partial charge in [-0.25, -0.2) is 9.50 Å². The molecular formula is C23H35N7. The second kappa shape index (κ2) is 9.24. The standard InChI is InChI=1S/C23H35N7/c1-8-10-11-29(9-2)20-12-15(3)28-30-22(20)16(4)27-23(30)21-18(25-6)13-17(24-5)14-19(21)26-7/h12-14,24-26H,8-11H2,1-7H3. The Hall–Kier alpha value is -2.96. The quantitative estimate of drug-likeness (QED) is 0.473. The van der Waals surface area contributed by atoms with Crippen molar-refractivity contribution in [1.82, 2.24) is 14.6 Å². The Morgan fingerprint density at radius 1 is 0.967 bits per heavy atom. The van der Waals surface area contributed by atoms with Gasteiger partial charge in [-0.15, -0.1) is 0 Å². The molecule has 0 spiro atoms. The summed E-state index contributed by atoms with van der Waals surface area (Å²) < 4.78 is 2.02. The summed E-state index contributed by atoms with van der Waals surface area (Å²) in [6.45, 7) is 10.6. The number of rotatable bonds is 9. The van der Waals surface area contributed by atoms with Gasteiger partial charge in [0, 0.05) is 51.3 Å². The van der Waals surface area contributed by atoms with Crippen molar-refractivity contribution in [1.29, 1.82) is 0 Å². The first-order valence-electron chi connectivity index (χ1n) is 10.8. The van der Waals surface area contributed by atoms with Gasteiger partial charge >= 0.3 is 0 Å². The van der Waals surface area contributed by atoms with Gasteiger partial charge < -0.3 is 20.9 Å². The average Bonchev–Trinajstić information content (AvgIpc) is 3.08. The van der Waals surface area contributed by atoms with Crippen LogP contribution in [0.2, 0.25) is 0 Å². The molecule has 0 aliphatic rings. The first kappa shape index (κ1) is 21.7. The molecule has 1 aromatic carbocycles. The molecule has 3 aromatic rings. The Bertz CT molecular complexity index is 997. The summed E-state index contributed by atoms with van der Waals surface area (Å²) in [6.07, 6.45) is 2.34. The monoisotopic (exact) mass is 409 g/mol. The number of unbranched alkanes of at least 4 members (excludes halogenated alkanes) is 1. The Morgan fingerprint density at radius 2 is 1.63 bits per heavy atom. The summed E-state index contributed by atoms with van der Waals surface area (Å²) in [6, 6.07) is 6.39. The number of aryl methyl sites for hydroxylation is 2. The van der Waals surface area contributed by atoms with Crippen LogP contribution in [0.4, 0.5) is 22.7 Å². The lowest BCUT2D eigenvalue weighted by Crippen LogP contribution is -2.25. The normalized spacial score (nSPS) is 11.0. The Morgan fingerprint density at radius 3 is 2.17 bits per heavy atom. The van der Waals surface area contributed by atoms with E-state index in [2.05, 4.69) is 66.7 Å². The Labute approximate surface area is 179 Å². The van der Waals surface area contributed by atoms with Gasteiger partial charge in [-0.2, -0.15) is 5.10 Å². The third kappa shape index (κ3) is 3.88. The van der Waals surface area contributed by atoms with Crippen molar-refractivity contribution in [3.8, 4) is 11.4 Å². The second-order valence-corrected chi connectivity index (χ2v) is 7.58. The van der Waals surface area contributed by atoms with Crippen LogP contribution in [-0.2, 0) is 0 Å². The van der Waals surface area contributed by atoms with Crippen molar-refractivity contribution >= 4 is 28.3 Å². The molecule has 7 nitrogen and oxygen atoms in total. The highest BCUT2D eigenvalue weighted by Gasteiger charge is 2.22. The zero-order chi connectivity index (χ0) is 21.8. The molecule has 2 aromatic heterocycles. The van der Waals surface area contributed by atoms with Crippen LogP contribution in [0, 0.1) is 13.8 Å². The van der Waals surface area contributed by atoms with Crippen molar-refractivity contribution < 1.29 is 0 Å². The van der Waals surface area contributed by atoms with Gasteiger partial charge in [-0.05, 0) is 45.4 Å². The van der Waals surface area contributed by atoms with E-state index >= 15 is 0 Å². The summed E-state index contributed by atoms with van der Waals surface area (Å²) >= 11 is 0. The van der Waals surface area contributed by atoms with Gasteiger partial charge in [-0.3, -0.25) is 0 Å².